The predicted octanol–water partition coefficient (Wildman–Crippen LogP) is 2.28. The van der Waals surface area contributed by atoms with Gasteiger partial charge in [0.25, 0.3) is 5.56 Å². The maximum absolute atomic E-state index is 12.4. The average Bonchev–Trinajstić information content (AvgIpc) is 2.65. The van der Waals surface area contributed by atoms with Crippen LogP contribution in [0.25, 0.3) is 10.8 Å². The Morgan fingerprint density at radius 2 is 1.88 bits per heavy atom. The van der Waals surface area contributed by atoms with Crippen molar-refractivity contribution in [2.45, 2.75) is 13.3 Å². The average molecular weight is 351 g/mol. The van der Waals surface area contributed by atoms with Crippen molar-refractivity contribution in [2.75, 3.05) is 11.9 Å². The summed E-state index contributed by atoms with van der Waals surface area (Å²) in [5, 5.41) is 10.2. The van der Waals surface area contributed by atoms with E-state index in [0.29, 0.717) is 27.7 Å². The fourth-order valence-electron chi connectivity index (χ4n) is 2.60. The molecule has 1 amide bonds. The Labute approximate surface area is 149 Å². The molecular weight excluding hydrogens is 334 g/mol. The number of fused-ring (bicyclic) bond motifs is 1. The number of nitrogens with zero attached hydrogens (tertiary/aromatic N) is 1. The number of ether oxygens (including phenoxy) is 1. The first kappa shape index (κ1) is 17.3. The quantitative estimate of drug-likeness (QED) is 0.687. The number of hydrogen-bond donors (Lipinski definition) is 2. The highest BCUT2D eigenvalue weighted by Gasteiger charge is 2.12. The fraction of sp³-hybridized carbons (Fsp3) is 0.158. The Morgan fingerprint density at radius 1 is 1.12 bits per heavy atom. The van der Waals surface area contributed by atoms with Crippen molar-refractivity contribution in [1.82, 2.24) is 10.2 Å². The lowest BCUT2D eigenvalue weighted by Crippen LogP contribution is -2.18. The van der Waals surface area contributed by atoms with E-state index in [4.69, 9.17) is 4.74 Å². The number of hydrogen-bond acceptors (Lipinski definition) is 5. The molecule has 0 saturated heterocycles. The predicted molar refractivity (Wildman–Crippen MR) is 97.1 cm³/mol. The number of benzene rings is 2. The van der Waals surface area contributed by atoms with Gasteiger partial charge in [-0.25, -0.2) is 9.89 Å². The second-order valence-electron chi connectivity index (χ2n) is 5.57. The lowest BCUT2D eigenvalue weighted by molar-refractivity contribution is -0.115. The zero-order valence-corrected chi connectivity index (χ0v) is 14.1. The second-order valence-corrected chi connectivity index (χ2v) is 5.57. The van der Waals surface area contributed by atoms with Gasteiger partial charge in [-0.1, -0.05) is 24.3 Å². The Morgan fingerprint density at radius 3 is 2.65 bits per heavy atom. The summed E-state index contributed by atoms with van der Waals surface area (Å²) in [5.74, 6) is -0.757. The van der Waals surface area contributed by atoms with Crippen LogP contribution in [0, 0.1) is 0 Å². The molecule has 2 N–H and O–H groups in total. The lowest BCUT2D eigenvalue weighted by atomic mass is 10.1. The number of amides is 1. The van der Waals surface area contributed by atoms with Gasteiger partial charge in [0, 0.05) is 11.1 Å². The number of aromatic nitrogens is 2. The molecule has 1 heterocycles. The van der Waals surface area contributed by atoms with E-state index in [0.717, 1.165) is 0 Å². The molecule has 0 fully saturated rings. The summed E-state index contributed by atoms with van der Waals surface area (Å²) in [7, 11) is 0. The van der Waals surface area contributed by atoms with Gasteiger partial charge in [-0.05, 0) is 31.2 Å². The molecule has 0 spiro atoms. The number of esters is 1. The Kier molecular flexibility index (Phi) is 5.07. The van der Waals surface area contributed by atoms with Crippen LogP contribution in [0.4, 0.5) is 5.69 Å². The van der Waals surface area contributed by atoms with Gasteiger partial charge in [-0.15, -0.1) is 0 Å². The van der Waals surface area contributed by atoms with E-state index >= 15 is 0 Å². The number of aromatic amines is 1. The number of nitrogens with one attached hydrogen (secondary N) is 2. The third kappa shape index (κ3) is 3.77. The molecule has 7 heteroatoms. The third-order valence-electron chi connectivity index (χ3n) is 3.76. The Hall–Kier alpha value is -3.48. The van der Waals surface area contributed by atoms with Crippen molar-refractivity contribution in [3.63, 3.8) is 0 Å². The maximum atomic E-state index is 12.4. The van der Waals surface area contributed by atoms with Gasteiger partial charge in [-0.3, -0.25) is 9.59 Å². The van der Waals surface area contributed by atoms with Crippen molar-refractivity contribution in [3.05, 3.63) is 70.1 Å². The molecule has 3 rings (SSSR count). The van der Waals surface area contributed by atoms with Gasteiger partial charge in [0.05, 0.1) is 29.7 Å². The fourth-order valence-corrected chi connectivity index (χ4v) is 2.60. The van der Waals surface area contributed by atoms with Crippen LogP contribution < -0.4 is 10.9 Å². The summed E-state index contributed by atoms with van der Waals surface area (Å²) >= 11 is 0. The number of rotatable bonds is 5. The Bertz CT molecular complexity index is 1030. The minimum absolute atomic E-state index is 0.0130. The highest BCUT2D eigenvalue weighted by Crippen LogP contribution is 2.15. The SMILES string of the molecule is CCOC(=O)c1cccc(NC(=O)Cc2n[nH]c(=O)c3ccccc23)c1. The molecule has 0 saturated carbocycles. The van der Waals surface area contributed by atoms with Gasteiger partial charge in [0.2, 0.25) is 5.91 Å². The Balaban J connectivity index is 1.78. The van der Waals surface area contributed by atoms with Crippen LogP contribution in [-0.2, 0) is 16.0 Å². The van der Waals surface area contributed by atoms with E-state index in [1.165, 1.54) is 0 Å². The normalized spacial score (nSPS) is 10.5. The summed E-state index contributed by atoms with van der Waals surface area (Å²) in [6, 6.07) is 13.5. The van der Waals surface area contributed by atoms with E-state index in [2.05, 4.69) is 15.5 Å². The van der Waals surface area contributed by atoms with Crippen LogP contribution >= 0.6 is 0 Å². The smallest absolute Gasteiger partial charge is 0.338 e. The largest absolute Gasteiger partial charge is 0.462 e. The molecule has 1 aromatic heterocycles. The lowest BCUT2D eigenvalue weighted by Gasteiger charge is -2.08. The minimum Gasteiger partial charge on any atom is -0.462 e. The second kappa shape index (κ2) is 7.60. The van der Waals surface area contributed by atoms with Crippen LogP contribution in [0.2, 0.25) is 0 Å². The first-order valence-corrected chi connectivity index (χ1v) is 8.12. The molecule has 0 bridgehead atoms. The summed E-state index contributed by atoms with van der Waals surface area (Å²) < 4.78 is 4.95. The molecule has 0 unspecified atom stereocenters. The van der Waals surface area contributed by atoms with Gasteiger partial charge in [-0.2, -0.15) is 5.10 Å². The molecule has 132 valence electrons. The summed E-state index contributed by atoms with van der Waals surface area (Å²) in [6.45, 7) is 2.01. The van der Waals surface area contributed by atoms with Gasteiger partial charge in [0.15, 0.2) is 0 Å². The molecule has 26 heavy (non-hydrogen) atoms. The van der Waals surface area contributed by atoms with Crippen molar-refractivity contribution in [1.29, 1.82) is 0 Å². The standard InChI is InChI=1S/C19H17N3O4/c1-2-26-19(25)12-6-5-7-13(10-12)20-17(23)11-16-14-8-3-4-9-15(14)18(24)22-21-16/h3-10H,2,11H2,1H3,(H,20,23)(H,22,24). The number of anilines is 1. The van der Waals surface area contributed by atoms with Crippen LogP contribution in [-0.4, -0.2) is 28.7 Å². The van der Waals surface area contributed by atoms with Crippen LogP contribution in [0.15, 0.2) is 53.3 Å². The minimum atomic E-state index is -0.447. The molecule has 0 atom stereocenters. The molecule has 2 aromatic carbocycles. The van der Waals surface area contributed by atoms with Crippen LogP contribution in [0.5, 0.6) is 0 Å². The van der Waals surface area contributed by atoms with Crippen molar-refractivity contribution in [2.24, 2.45) is 0 Å². The summed E-state index contributed by atoms with van der Waals surface area (Å²) in [4.78, 5) is 35.9. The number of H-pyrrole nitrogens is 1. The topological polar surface area (TPSA) is 101 Å². The molecule has 7 nitrogen and oxygen atoms in total. The van der Waals surface area contributed by atoms with Crippen LogP contribution in [0.1, 0.15) is 23.0 Å². The molecule has 3 aromatic rings. The zero-order chi connectivity index (χ0) is 18.5. The first-order valence-electron chi connectivity index (χ1n) is 8.12. The molecular formula is C19H17N3O4. The third-order valence-corrected chi connectivity index (χ3v) is 3.76. The van der Waals surface area contributed by atoms with Crippen molar-refractivity contribution >= 4 is 28.3 Å². The highest BCUT2D eigenvalue weighted by molar-refractivity contribution is 5.97. The zero-order valence-electron chi connectivity index (χ0n) is 14.1. The first-order chi connectivity index (χ1) is 12.6. The van der Waals surface area contributed by atoms with Gasteiger partial charge < -0.3 is 10.1 Å². The van der Waals surface area contributed by atoms with E-state index in [1.54, 1.807) is 55.5 Å². The number of carbonyl (C=O) groups is 2. The van der Waals surface area contributed by atoms with Crippen LogP contribution in [0.3, 0.4) is 0 Å². The summed E-state index contributed by atoms with van der Waals surface area (Å²) in [6.07, 6.45) is -0.0130. The van der Waals surface area contributed by atoms with E-state index in [1.807, 2.05) is 0 Å². The summed E-state index contributed by atoms with van der Waals surface area (Å²) in [5.41, 5.74) is 1.01. The monoisotopic (exact) mass is 351 g/mol. The van der Waals surface area contributed by atoms with E-state index in [-0.39, 0.29) is 24.5 Å². The van der Waals surface area contributed by atoms with Crippen molar-refractivity contribution < 1.29 is 14.3 Å². The molecule has 0 aliphatic heterocycles. The van der Waals surface area contributed by atoms with Gasteiger partial charge >= 0.3 is 5.97 Å². The molecule has 0 aliphatic carbocycles. The van der Waals surface area contributed by atoms with Crippen molar-refractivity contribution in [3.8, 4) is 0 Å². The van der Waals surface area contributed by atoms with Gasteiger partial charge in [0.1, 0.15) is 0 Å². The van der Waals surface area contributed by atoms with E-state index in [9.17, 15) is 14.4 Å². The number of carbonyl (C=O) groups excluding carboxylic acids is 2. The molecule has 0 aliphatic rings. The molecule has 0 radical (unpaired) electrons. The van der Waals surface area contributed by atoms with E-state index < -0.39 is 5.97 Å². The maximum Gasteiger partial charge on any atom is 0.338 e. The highest BCUT2D eigenvalue weighted by atomic mass is 16.5.